The summed E-state index contributed by atoms with van der Waals surface area (Å²) in [6.07, 6.45) is 0. The fraction of sp³-hybridized carbons (Fsp3) is 0.231. The van der Waals surface area contributed by atoms with Gasteiger partial charge in [0.05, 0.1) is 18.6 Å². The zero-order valence-electron chi connectivity index (χ0n) is 17.6. The molecule has 0 radical (unpaired) electrons. The summed E-state index contributed by atoms with van der Waals surface area (Å²) in [5.41, 5.74) is -0.139. The normalized spacial score (nSPS) is 11.2. The van der Waals surface area contributed by atoms with Crippen molar-refractivity contribution in [2.24, 2.45) is 5.92 Å². The molecule has 0 atom stereocenters. The second-order valence-electron chi connectivity index (χ2n) is 6.96. The third-order valence-corrected chi connectivity index (χ3v) is 5.23. The lowest BCUT2D eigenvalue weighted by molar-refractivity contribution is -0.164. The van der Waals surface area contributed by atoms with Crippen molar-refractivity contribution in [2.45, 2.75) is 19.3 Å². The highest BCUT2D eigenvalue weighted by atomic mass is 19.1. The molecule has 0 saturated heterocycles. The van der Waals surface area contributed by atoms with E-state index in [1.807, 2.05) is 12.1 Å². The Balaban J connectivity index is 2.48. The summed E-state index contributed by atoms with van der Waals surface area (Å²) in [6, 6.07) is 24.1. The number of halogens is 1. The molecule has 3 aromatic carbocycles. The van der Waals surface area contributed by atoms with Gasteiger partial charge in [-0.15, -0.1) is 0 Å². The Hall–Kier alpha value is -3.47. The van der Waals surface area contributed by atoms with Crippen LogP contribution in [0.1, 0.15) is 30.5 Å². The zero-order valence-corrected chi connectivity index (χ0v) is 17.6. The van der Waals surface area contributed by atoms with Gasteiger partial charge >= 0.3 is 11.9 Å². The highest BCUT2D eigenvalue weighted by Crippen LogP contribution is 2.47. The first-order valence-electron chi connectivity index (χ1n) is 10.3. The van der Waals surface area contributed by atoms with Gasteiger partial charge in [-0.25, -0.2) is 4.39 Å². The Morgan fingerprint density at radius 3 is 1.58 bits per heavy atom. The fourth-order valence-corrected chi connectivity index (χ4v) is 4.05. The van der Waals surface area contributed by atoms with E-state index in [9.17, 15) is 9.59 Å². The molecule has 0 unspecified atom stereocenters. The van der Waals surface area contributed by atoms with Gasteiger partial charge in [-0.3, -0.25) is 9.59 Å². The molecule has 0 aliphatic rings. The van der Waals surface area contributed by atoms with E-state index in [4.69, 9.17) is 9.47 Å². The topological polar surface area (TPSA) is 52.6 Å². The number of carbonyl (C=O) groups is 2. The molecule has 0 fully saturated rings. The molecule has 3 aromatic rings. The van der Waals surface area contributed by atoms with Crippen LogP contribution in [0.5, 0.6) is 0 Å². The van der Waals surface area contributed by atoms with Crippen LogP contribution in [0.25, 0.3) is 0 Å². The van der Waals surface area contributed by atoms with Crippen LogP contribution in [0.3, 0.4) is 0 Å². The molecule has 0 amide bonds. The second kappa shape index (κ2) is 10.0. The van der Waals surface area contributed by atoms with E-state index in [0.717, 1.165) is 0 Å². The Morgan fingerprint density at radius 2 is 1.16 bits per heavy atom. The molecule has 0 heterocycles. The summed E-state index contributed by atoms with van der Waals surface area (Å²) in [6.45, 7) is 3.48. The highest BCUT2D eigenvalue weighted by molar-refractivity contribution is 5.98. The number of ether oxygens (including phenoxy) is 2. The van der Waals surface area contributed by atoms with Gasteiger partial charge in [0.2, 0.25) is 0 Å². The van der Waals surface area contributed by atoms with Gasteiger partial charge in [0, 0.05) is 5.56 Å². The molecular weight excluding hydrogens is 395 g/mol. The minimum atomic E-state index is -1.49. The van der Waals surface area contributed by atoms with E-state index in [1.54, 1.807) is 80.6 Å². The van der Waals surface area contributed by atoms with Crippen LogP contribution in [0.4, 0.5) is 4.39 Å². The predicted molar refractivity (Wildman–Crippen MR) is 116 cm³/mol. The Labute approximate surface area is 181 Å². The van der Waals surface area contributed by atoms with Crippen molar-refractivity contribution in [2.75, 3.05) is 13.2 Å². The molecule has 5 heteroatoms. The first kappa shape index (κ1) is 22.2. The summed E-state index contributed by atoms with van der Waals surface area (Å²) in [4.78, 5) is 26.6. The van der Waals surface area contributed by atoms with Crippen molar-refractivity contribution < 1.29 is 23.5 Å². The first-order chi connectivity index (χ1) is 15.1. The molecule has 0 aliphatic carbocycles. The van der Waals surface area contributed by atoms with Crippen molar-refractivity contribution in [1.29, 1.82) is 0 Å². The van der Waals surface area contributed by atoms with Crippen molar-refractivity contribution in [1.82, 2.24) is 0 Å². The maximum absolute atomic E-state index is 15.4. The van der Waals surface area contributed by atoms with E-state index in [1.165, 1.54) is 6.07 Å². The Bertz CT molecular complexity index is 960. The van der Waals surface area contributed by atoms with Gasteiger partial charge in [-0.2, -0.15) is 0 Å². The summed E-state index contributed by atoms with van der Waals surface area (Å²) >= 11 is 0. The second-order valence-corrected chi connectivity index (χ2v) is 6.96. The zero-order chi connectivity index (χ0) is 22.3. The number of carbonyl (C=O) groups excluding carboxylic acids is 2. The van der Waals surface area contributed by atoms with E-state index in [-0.39, 0.29) is 18.8 Å². The molecule has 31 heavy (non-hydrogen) atoms. The summed E-state index contributed by atoms with van der Waals surface area (Å²) in [5.74, 6) is -3.52. The van der Waals surface area contributed by atoms with E-state index < -0.39 is 29.1 Å². The third kappa shape index (κ3) is 4.22. The molecule has 0 aromatic heterocycles. The minimum Gasteiger partial charge on any atom is -0.465 e. The number of rotatable bonds is 8. The summed E-state index contributed by atoms with van der Waals surface area (Å²) < 4.78 is 26.0. The standard InChI is InChI=1S/C26H25FO4/c1-3-30-24(28)23(25(29)31-4-2)26(19-13-7-5-8-14-19,20-15-9-6-10-16-20)21-17-11-12-18-22(21)27/h5-18,23H,3-4H2,1-2H3. The maximum atomic E-state index is 15.4. The number of esters is 2. The lowest BCUT2D eigenvalue weighted by Crippen LogP contribution is -2.48. The van der Waals surface area contributed by atoms with E-state index in [0.29, 0.717) is 11.1 Å². The van der Waals surface area contributed by atoms with Gasteiger partial charge in [0.1, 0.15) is 5.82 Å². The summed E-state index contributed by atoms with van der Waals surface area (Å²) in [7, 11) is 0. The monoisotopic (exact) mass is 420 g/mol. The quantitative estimate of drug-likeness (QED) is 0.295. The molecule has 0 N–H and O–H groups in total. The van der Waals surface area contributed by atoms with Crippen LogP contribution in [-0.4, -0.2) is 25.2 Å². The molecule has 0 bridgehead atoms. The smallest absolute Gasteiger partial charge is 0.321 e. The lowest BCUT2D eigenvalue weighted by atomic mass is 9.61. The van der Waals surface area contributed by atoms with E-state index in [2.05, 4.69) is 0 Å². The van der Waals surface area contributed by atoms with Gasteiger partial charge in [0.15, 0.2) is 5.92 Å². The lowest BCUT2D eigenvalue weighted by Gasteiger charge is -2.40. The van der Waals surface area contributed by atoms with Crippen LogP contribution in [0.15, 0.2) is 84.9 Å². The van der Waals surface area contributed by atoms with Gasteiger partial charge < -0.3 is 9.47 Å². The van der Waals surface area contributed by atoms with Crippen LogP contribution >= 0.6 is 0 Å². The van der Waals surface area contributed by atoms with Gasteiger partial charge in [-0.05, 0) is 31.0 Å². The van der Waals surface area contributed by atoms with Gasteiger partial charge in [-0.1, -0.05) is 78.9 Å². The Morgan fingerprint density at radius 1 is 0.742 bits per heavy atom. The van der Waals surface area contributed by atoms with Crippen LogP contribution in [0.2, 0.25) is 0 Å². The Kier molecular flexibility index (Phi) is 7.19. The largest absolute Gasteiger partial charge is 0.465 e. The molecule has 4 nitrogen and oxygen atoms in total. The number of hydrogen-bond donors (Lipinski definition) is 0. The maximum Gasteiger partial charge on any atom is 0.321 e. The highest BCUT2D eigenvalue weighted by Gasteiger charge is 2.54. The molecule has 0 saturated carbocycles. The average molecular weight is 420 g/mol. The molecular formula is C26H25FO4. The first-order valence-corrected chi connectivity index (χ1v) is 10.3. The number of hydrogen-bond acceptors (Lipinski definition) is 4. The molecule has 0 spiro atoms. The minimum absolute atomic E-state index is 0.0751. The molecule has 160 valence electrons. The van der Waals surface area contributed by atoms with Gasteiger partial charge in [0.25, 0.3) is 0 Å². The van der Waals surface area contributed by atoms with E-state index >= 15 is 4.39 Å². The van der Waals surface area contributed by atoms with Crippen LogP contribution in [0, 0.1) is 11.7 Å². The van der Waals surface area contributed by atoms with Crippen LogP contribution < -0.4 is 0 Å². The van der Waals surface area contributed by atoms with Crippen molar-refractivity contribution >= 4 is 11.9 Å². The fourth-order valence-electron chi connectivity index (χ4n) is 4.05. The third-order valence-electron chi connectivity index (χ3n) is 5.23. The van der Waals surface area contributed by atoms with Crippen molar-refractivity contribution in [3.63, 3.8) is 0 Å². The number of benzene rings is 3. The molecule has 3 rings (SSSR count). The predicted octanol–water partition coefficient (Wildman–Crippen LogP) is 4.90. The average Bonchev–Trinajstić information content (AvgIpc) is 2.79. The SMILES string of the molecule is CCOC(=O)C(C(=O)OCC)C(c1ccccc1)(c1ccccc1)c1ccccc1F. The molecule has 0 aliphatic heterocycles. The summed E-state index contributed by atoms with van der Waals surface area (Å²) in [5, 5.41) is 0. The van der Waals surface area contributed by atoms with Crippen molar-refractivity contribution in [3.8, 4) is 0 Å². The van der Waals surface area contributed by atoms with Crippen molar-refractivity contribution in [3.05, 3.63) is 107 Å². The van der Waals surface area contributed by atoms with Crippen LogP contribution in [-0.2, 0) is 24.5 Å².